The van der Waals surface area contributed by atoms with E-state index in [2.05, 4.69) is 23.2 Å². The molecule has 1 fully saturated rings. The Hall–Kier alpha value is -1.88. The highest BCUT2D eigenvalue weighted by Crippen LogP contribution is 2.28. The van der Waals surface area contributed by atoms with Gasteiger partial charge in [-0.3, -0.25) is 9.59 Å². The summed E-state index contributed by atoms with van der Waals surface area (Å²) < 4.78 is 0. The number of likely N-dealkylation sites (tertiary alicyclic amines) is 1. The molecule has 1 aromatic carbocycles. The summed E-state index contributed by atoms with van der Waals surface area (Å²) in [6, 6.07) is 8.19. The van der Waals surface area contributed by atoms with E-state index in [0.717, 1.165) is 70.5 Å². The van der Waals surface area contributed by atoms with Gasteiger partial charge in [-0.05, 0) is 50.4 Å². The van der Waals surface area contributed by atoms with Crippen LogP contribution >= 0.6 is 0 Å². The van der Waals surface area contributed by atoms with Gasteiger partial charge >= 0.3 is 0 Å². The van der Waals surface area contributed by atoms with Crippen LogP contribution in [0.5, 0.6) is 0 Å². The SMILES string of the molecule is CCCCNC(=O)C1CCN(CCC(=O)N2CCc3ccccc32)CC1. The third-order valence-corrected chi connectivity index (χ3v) is 5.62. The molecule has 3 rings (SSSR count). The molecule has 5 nitrogen and oxygen atoms in total. The number of piperidine rings is 1. The van der Waals surface area contributed by atoms with Crippen LogP contribution in [-0.4, -0.2) is 49.4 Å². The summed E-state index contributed by atoms with van der Waals surface area (Å²) in [5, 5.41) is 3.05. The maximum absolute atomic E-state index is 12.6. The fraction of sp³-hybridized carbons (Fsp3) is 0.619. The van der Waals surface area contributed by atoms with Gasteiger partial charge < -0.3 is 15.1 Å². The van der Waals surface area contributed by atoms with Crippen molar-refractivity contribution >= 4 is 17.5 Å². The number of carbonyl (C=O) groups excluding carboxylic acids is 2. The number of carbonyl (C=O) groups is 2. The zero-order chi connectivity index (χ0) is 18.4. The van der Waals surface area contributed by atoms with E-state index < -0.39 is 0 Å². The number of fused-ring (bicyclic) bond motifs is 1. The smallest absolute Gasteiger partial charge is 0.228 e. The lowest BCUT2D eigenvalue weighted by atomic mass is 9.95. The number of unbranched alkanes of at least 4 members (excludes halogenated alkanes) is 1. The van der Waals surface area contributed by atoms with Crippen LogP contribution in [0.25, 0.3) is 0 Å². The molecular weight excluding hydrogens is 326 g/mol. The summed E-state index contributed by atoms with van der Waals surface area (Å²) in [5.41, 5.74) is 2.36. The minimum Gasteiger partial charge on any atom is -0.356 e. The lowest BCUT2D eigenvalue weighted by molar-refractivity contribution is -0.126. The highest BCUT2D eigenvalue weighted by molar-refractivity contribution is 5.95. The second kappa shape index (κ2) is 9.17. The summed E-state index contributed by atoms with van der Waals surface area (Å²) in [6.45, 7) is 6.35. The number of amides is 2. The summed E-state index contributed by atoms with van der Waals surface area (Å²) in [6.07, 6.45) is 5.47. The fourth-order valence-corrected chi connectivity index (χ4v) is 3.94. The van der Waals surface area contributed by atoms with E-state index >= 15 is 0 Å². The predicted octanol–water partition coefficient (Wildman–Crippen LogP) is 2.59. The molecule has 1 aromatic rings. The van der Waals surface area contributed by atoms with Crippen LogP contribution in [0.1, 0.15) is 44.6 Å². The highest BCUT2D eigenvalue weighted by Gasteiger charge is 2.27. The van der Waals surface area contributed by atoms with Crippen molar-refractivity contribution in [2.45, 2.75) is 45.4 Å². The van der Waals surface area contributed by atoms with Crippen LogP contribution < -0.4 is 10.2 Å². The number of anilines is 1. The Morgan fingerprint density at radius 3 is 2.69 bits per heavy atom. The predicted molar refractivity (Wildman–Crippen MR) is 104 cm³/mol. The van der Waals surface area contributed by atoms with Crippen LogP contribution in [0.4, 0.5) is 5.69 Å². The molecule has 26 heavy (non-hydrogen) atoms. The van der Waals surface area contributed by atoms with E-state index in [1.54, 1.807) is 0 Å². The summed E-state index contributed by atoms with van der Waals surface area (Å²) in [5.74, 6) is 0.571. The van der Waals surface area contributed by atoms with Gasteiger partial charge in [0.15, 0.2) is 0 Å². The second-order valence-electron chi connectivity index (χ2n) is 7.43. The maximum Gasteiger partial charge on any atom is 0.228 e. The number of hydrogen-bond donors (Lipinski definition) is 1. The van der Waals surface area contributed by atoms with Crippen molar-refractivity contribution in [2.75, 3.05) is 37.6 Å². The summed E-state index contributed by atoms with van der Waals surface area (Å²) >= 11 is 0. The van der Waals surface area contributed by atoms with Gasteiger partial charge in [0.05, 0.1) is 0 Å². The zero-order valence-electron chi connectivity index (χ0n) is 15.9. The number of para-hydroxylation sites is 1. The molecule has 0 aliphatic carbocycles. The molecule has 0 bridgehead atoms. The summed E-state index contributed by atoms with van der Waals surface area (Å²) in [4.78, 5) is 29.0. The molecule has 1 saturated heterocycles. The average molecular weight is 357 g/mol. The Labute approximate surface area is 156 Å². The van der Waals surface area contributed by atoms with Gasteiger partial charge in [-0.25, -0.2) is 0 Å². The van der Waals surface area contributed by atoms with Crippen molar-refractivity contribution in [1.82, 2.24) is 10.2 Å². The Bertz CT molecular complexity index is 623. The first-order chi connectivity index (χ1) is 12.7. The highest BCUT2D eigenvalue weighted by atomic mass is 16.2. The third-order valence-electron chi connectivity index (χ3n) is 5.62. The molecular formula is C21H31N3O2. The molecule has 2 aliphatic rings. The lowest BCUT2D eigenvalue weighted by Gasteiger charge is -2.31. The Morgan fingerprint density at radius 1 is 1.15 bits per heavy atom. The van der Waals surface area contributed by atoms with E-state index in [9.17, 15) is 9.59 Å². The topological polar surface area (TPSA) is 52.7 Å². The molecule has 0 saturated carbocycles. The van der Waals surface area contributed by atoms with E-state index in [1.807, 2.05) is 23.1 Å². The normalized spacial score (nSPS) is 18.0. The Balaban J connectivity index is 1.39. The van der Waals surface area contributed by atoms with Crippen molar-refractivity contribution in [2.24, 2.45) is 5.92 Å². The minimum absolute atomic E-state index is 0.143. The lowest BCUT2D eigenvalue weighted by Crippen LogP contribution is -2.42. The van der Waals surface area contributed by atoms with Crippen LogP contribution in [0.15, 0.2) is 24.3 Å². The molecule has 1 N–H and O–H groups in total. The van der Waals surface area contributed by atoms with Crippen molar-refractivity contribution < 1.29 is 9.59 Å². The first-order valence-corrected chi connectivity index (χ1v) is 10.1. The number of nitrogens with zero attached hydrogens (tertiary/aromatic N) is 2. The van der Waals surface area contributed by atoms with Crippen LogP contribution in [0.3, 0.4) is 0 Å². The fourth-order valence-electron chi connectivity index (χ4n) is 3.94. The molecule has 5 heteroatoms. The van der Waals surface area contributed by atoms with Gasteiger partial charge in [-0.15, -0.1) is 0 Å². The van der Waals surface area contributed by atoms with E-state index in [4.69, 9.17) is 0 Å². The van der Waals surface area contributed by atoms with Crippen molar-refractivity contribution in [3.8, 4) is 0 Å². The molecule has 2 amide bonds. The Morgan fingerprint density at radius 2 is 1.92 bits per heavy atom. The van der Waals surface area contributed by atoms with Crippen molar-refractivity contribution in [3.05, 3.63) is 29.8 Å². The van der Waals surface area contributed by atoms with E-state index in [1.165, 1.54) is 5.56 Å². The van der Waals surface area contributed by atoms with Gasteiger partial charge in [0.2, 0.25) is 11.8 Å². The standard InChI is InChI=1S/C21H31N3O2/c1-2-3-12-22-21(26)18-8-13-23(14-9-18)15-11-20(25)24-16-10-17-6-4-5-7-19(17)24/h4-7,18H,2-3,8-16H2,1H3,(H,22,26). The summed E-state index contributed by atoms with van der Waals surface area (Å²) in [7, 11) is 0. The molecule has 0 atom stereocenters. The minimum atomic E-state index is 0.143. The first-order valence-electron chi connectivity index (χ1n) is 10.1. The first kappa shape index (κ1) is 18.9. The zero-order valence-corrected chi connectivity index (χ0v) is 15.9. The second-order valence-corrected chi connectivity index (χ2v) is 7.43. The Kier molecular flexibility index (Phi) is 6.67. The average Bonchev–Trinajstić information content (AvgIpc) is 3.11. The van der Waals surface area contributed by atoms with E-state index in [0.29, 0.717) is 6.42 Å². The largest absolute Gasteiger partial charge is 0.356 e. The maximum atomic E-state index is 12.6. The third kappa shape index (κ3) is 4.64. The van der Waals surface area contributed by atoms with Gasteiger partial charge in [0.25, 0.3) is 0 Å². The van der Waals surface area contributed by atoms with Crippen molar-refractivity contribution in [3.63, 3.8) is 0 Å². The quantitative estimate of drug-likeness (QED) is 0.763. The number of rotatable bonds is 7. The molecule has 2 heterocycles. The van der Waals surface area contributed by atoms with Crippen LogP contribution in [0, 0.1) is 5.92 Å². The van der Waals surface area contributed by atoms with Gasteiger partial charge in [0, 0.05) is 37.7 Å². The number of nitrogens with one attached hydrogen (secondary N) is 1. The molecule has 0 unspecified atom stereocenters. The van der Waals surface area contributed by atoms with E-state index in [-0.39, 0.29) is 17.7 Å². The monoisotopic (exact) mass is 357 g/mol. The molecule has 0 spiro atoms. The number of hydrogen-bond acceptors (Lipinski definition) is 3. The van der Waals surface area contributed by atoms with Gasteiger partial charge in [0.1, 0.15) is 0 Å². The van der Waals surface area contributed by atoms with Gasteiger partial charge in [-0.1, -0.05) is 31.5 Å². The van der Waals surface area contributed by atoms with Crippen LogP contribution in [0.2, 0.25) is 0 Å². The van der Waals surface area contributed by atoms with Crippen LogP contribution in [-0.2, 0) is 16.0 Å². The molecule has 0 aromatic heterocycles. The molecule has 2 aliphatic heterocycles. The van der Waals surface area contributed by atoms with Gasteiger partial charge in [-0.2, -0.15) is 0 Å². The number of benzene rings is 1. The van der Waals surface area contributed by atoms with Crippen molar-refractivity contribution in [1.29, 1.82) is 0 Å². The molecule has 142 valence electrons. The molecule has 0 radical (unpaired) electrons.